The topological polar surface area (TPSA) is 0 Å². The van der Waals surface area contributed by atoms with E-state index in [0.717, 1.165) is 25.7 Å². The minimum absolute atomic E-state index is 1.04. The van der Waals surface area contributed by atoms with E-state index < -0.39 is 0 Å². The average molecular weight is 827 g/mol. The molecule has 314 valence electrons. The van der Waals surface area contributed by atoms with Gasteiger partial charge in [0.1, 0.15) is 0 Å². The lowest BCUT2D eigenvalue weighted by atomic mass is 10.0. The zero-order valence-electron chi connectivity index (χ0n) is 37.0. The third-order valence-electron chi connectivity index (χ3n) is 13.0. The molecular formula is C64H58. The van der Waals surface area contributed by atoms with Crippen LogP contribution in [0.25, 0.3) is 23.3 Å². The maximum Gasteiger partial charge on any atom is -0.00135 e. The Morgan fingerprint density at radius 1 is 0.266 bits per heavy atom. The summed E-state index contributed by atoms with van der Waals surface area (Å²) in [6, 6.07) is 52.1. The highest BCUT2D eigenvalue weighted by molar-refractivity contribution is 5.77. The largest absolute Gasteiger partial charge is 0.0808 e. The van der Waals surface area contributed by atoms with Gasteiger partial charge in [-0.05, 0) is 142 Å². The molecule has 0 amide bonds. The average Bonchev–Trinajstić information content (AvgIpc) is 4.21. The van der Waals surface area contributed by atoms with E-state index in [-0.39, 0.29) is 0 Å². The molecule has 0 fully saturated rings. The molecule has 64 heavy (non-hydrogen) atoms. The molecule has 6 aromatic carbocycles. The number of rotatable bonds is 0. The van der Waals surface area contributed by atoms with Crippen LogP contribution in [0.2, 0.25) is 0 Å². The SMILES string of the molecule is C1=CC2=C(C1)CC=C2.C1=CC2=C(C1)CC=C2.C1=CCC=C1.C1=Cc2ccccc2Cc2ccccc21.c1ccc2c(c1)CCc1ccccc1C2.c1ccc2c(c1)Cc1ccccc1-2. The summed E-state index contributed by atoms with van der Waals surface area (Å²) >= 11 is 0. The maximum absolute atomic E-state index is 2.27. The quantitative estimate of drug-likeness (QED) is 0.143. The molecule has 0 aromatic heterocycles. The highest BCUT2D eigenvalue weighted by atomic mass is 14.2. The molecule has 0 radical (unpaired) electrons. The van der Waals surface area contributed by atoms with Gasteiger partial charge in [-0.1, -0.05) is 242 Å². The normalized spacial score (nSPS) is 15.9. The monoisotopic (exact) mass is 826 g/mol. The summed E-state index contributed by atoms with van der Waals surface area (Å²) in [6.07, 6.45) is 42.1. The van der Waals surface area contributed by atoms with E-state index in [0.29, 0.717) is 0 Å². The second kappa shape index (κ2) is 21.4. The number of hydrogen-bond acceptors (Lipinski definition) is 0. The highest BCUT2D eigenvalue weighted by Crippen LogP contribution is 2.36. The van der Waals surface area contributed by atoms with Crippen LogP contribution < -0.4 is 0 Å². The van der Waals surface area contributed by atoms with E-state index in [2.05, 4.69) is 231 Å². The first-order valence-electron chi connectivity index (χ1n) is 23.3. The summed E-state index contributed by atoms with van der Waals surface area (Å²) in [5.74, 6) is 0. The van der Waals surface area contributed by atoms with Gasteiger partial charge >= 0.3 is 0 Å². The zero-order chi connectivity index (χ0) is 43.2. The molecule has 8 aliphatic rings. The molecule has 0 nitrogen and oxygen atoms in total. The van der Waals surface area contributed by atoms with Crippen molar-refractivity contribution >= 4 is 12.2 Å². The van der Waals surface area contributed by atoms with Crippen molar-refractivity contribution in [1.82, 2.24) is 0 Å². The van der Waals surface area contributed by atoms with Crippen molar-refractivity contribution in [2.24, 2.45) is 0 Å². The Balaban J connectivity index is 0.000000100. The van der Waals surface area contributed by atoms with Crippen LogP contribution >= 0.6 is 0 Å². The van der Waals surface area contributed by atoms with E-state index in [1.165, 1.54) is 116 Å². The number of hydrogen-bond donors (Lipinski definition) is 0. The van der Waals surface area contributed by atoms with E-state index in [1.807, 2.05) is 0 Å². The molecule has 0 spiro atoms. The predicted octanol–water partition coefficient (Wildman–Crippen LogP) is 16.3. The van der Waals surface area contributed by atoms with Gasteiger partial charge in [0, 0.05) is 0 Å². The molecular weight excluding hydrogens is 769 g/mol. The van der Waals surface area contributed by atoms with Gasteiger partial charge in [-0.2, -0.15) is 0 Å². The third kappa shape index (κ3) is 10.8. The molecule has 0 aliphatic heterocycles. The van der Waals surface area contributed by atoms with Crippen molar-refractivity contribution in [3.63, 3.8) is 0 Å². The van der Waals surface area contributed by atoms with Crippen molar-refractivity contribution in [3.05, 3.63) is 296 Å². The van der Waals surface area contributed by atoms with Crippen LogP contribution in [0.4, 0.5) is 0 Å². The number of benzene rings is 6. The molecule has 0 bridgehead atoms. The first-order valence-corrected chi connectivity index (χ1v) is 23.3. The molecule has 14 rings (SSSR count). The number of fused-ring (bicyclic) bond motifs is 7. The van der Waals surface area contributed by atoms with Crippen molar-refractivity contribution in [1.29, 1.82) is 0 Å². The maximum atomic E-state index is 2.27. The third-order valence-corrected chi connectivity index (χ3v) is 13.0. The molecule has 0 saturated heterocycles. The Kier molecular flexibility index (Phi) is 14.1. The minimum atomic E-state index is 1.04. The van der Waals surface area contributed by atoms with Crippen molar-refractivity contribution < 1.29 is 0 Å². The highest BCUT2D eigenvalue weighted by Gasteiger charge is 2.16. The Morgan fingerprint density at radius 2 is 0.594 bits per heavy atom. The number of aryl methyl sites for hydroxylation is 2. The van der Waals surface area contributed by atoms with Crippen LogP contribution in [0.3, 0.4) is 0 Å². The van der Waals surface area contributed by atoms with Gasteiger partial charge in [0.05, 0.1) is 0 Å². The fraction of sp³-hybridized carbons (Fsp3) is 0.156. The lowest BCUT2D eigenvalue weighted by Crippen LogP contribution is -1.90. The van der Waals surface area contributed by atoms with Crippen LogP contribution in [0.5, 0.6) is 0 Å². The summed E-state index contributed by atoms with van der Waals surface area (Å²) in [6.45, 7) is 0. The number of allylic oxidation sites excluding steroid dienone is 16. The second-order valence-electron chi connectivity index (χ2n) is 17.2. The lowest BCUT2D eigenvalue weighted by Gasteiger charge is -2.04. The standard InChI is InChI=1S/C15H14.C15H12.C13H10.2C8H8.C5H6/c2*1-3-7-14-11-15-8-4-2-6-13(15)10-9-12(14)5-1;1-3-7-12-10(5-1)9-11-6-2-4-8-13(11)12;2*1-3-7-5-2-6-8(7)4-1;1-2-4-5-3-1/h1-8H,9-11H2;1-10H,11H2;1-8H,9H2;2*1-3,5H,4,6H2;1-4H,5H2. The van der Waals surface area contributed by atoms with Crippen LogP contribution in [-0.4, -0.2) is 0 Å². The van der Waals surface area contributed by atoms with Crippen LogP contribution in [-0.2, 0) is 32.1 Å². The Labute approximate surface area is 382 Å². The summed E-state index contributed by atoms with van der Waals surface area (Å²) in [5.41, 5.74) is 23.4. The van der Waals surface area contributed by atoms with E-state index in [4.69, 9.17) is 0 Å². The van der Waals surface area contributed by atoms with Gasteiger partial charge in [0.25, 0.3) is 0 Å². The summed E-state index contributed by atoms with van der Waals surface area (Å²) < 4.78 is 0. The van der Waals surface area contributed by atoms with E-state index in [1.54, 1.807) is 11.1 Å². The molecule has 0 heteroatoms. The lowest BCUT2D eigenvalue weighted by molar-refractivity contribution is 0.965. The molecule has 0 atom stereocenters. The van der Waals surface area contributed by atoms with Crippen LogP contribution in [0, 0.1) is 0 Å². The van der Waals surface area contributed by atoms with Gasteiger partial charge in [-0.15, -0.1) is 0 Å². The van der Waals surface area contributed by atoms with Crippen molar-refractivity contribution in [2.45, 2.75) is 64.2 Å². The Hall–Kier alpha value is -7.02. The molecule has 0 N–H and O–H groups in total. The fourth-order valence-corrected chi connectivity index (χ4v) is 9.53. The summed E-state index contributed by atoms with van der Waals surface area (Å²) in [4.78, 5) is 0. The predicted molar refractivity (Wildman–Crippen MR) is 274 cm³/mol. The van der Waals surface area contributed by atoms with Crippen molar-refractivity contribution in [2.75, 3.05) is 0 Å². The van der Waals surface area contributed by atoms with E-state index in [9.17, 15) is 0 Å². The molecule has 8 aliphatic carbocycles. The molecule has 6 aromatic rings. The van der Waals surface area contributed by atoms with Crippen molar-refractivity contribution in [3.8, 4) is 11.1 Å². The summed E-state index contributed by atoms with van der Waals surface area (Å²) in [5, 5.41) is 0. The first kappa shape index (κ1) is 42.3. The van der Waals surface area contributed by atoms with Crippen LogP contribution in [0.15, 0.2) is 241 Å². The summed E-state index contributed by atoms with van der Waals surface area (Å²) in [7, 11) is 0. The molecule has 0 saturated carbocycles. The fourth-order valence-electron chi connectivity index (χ4n) is 9.53. The second-order valence-corrected chi connectivity index (χ2v) is 17.2. The smallest absolute Gasteiger partial charge is 0.00135 e. The van der Waals surface area contributed by atoms with Crippen LogP contribution in [0.1, 0.15) is 87.7 Å². The van der Waals surface area contributed by atoms with Gasteiger partial charge in [-0.25, -0.2) is 0 Å². The van der Waals surface area contributed by atoms with Gasteiger partial charge in [0.2, 0.25) is 0 Å². The Bertz CT molecular complexity index is 2640. The van der Waals surface area contributed by atoms with Gasteiger partial charge in [-0.3, -0.25) is 0 Å². The molecule has 0 heterocycles. The van der Waals surface area contributed by atoms with Gasteiger partial charge in [0.15, 0.2) is 0 Å². The van der Waals surface area contributed by atoms with E-state index >= 15 is 0 Å². The Morgan fingerprint density at radius 3 is 0.984 bits per heavy atom. The van der Waals surface area contributed by atoms with Gasteiger partial charge < -0.3 is 0 Å². The molecule has 0 unspecified atom stereocenters. The minimum Gasteiger partial charge on any atom is -0.0808 e. The zero-order valence-corrected chi connectivity index (χ0v) is 37.0. The first-order chi connectivity index (χ1) is 31.7.